The van der Waals surface area contributed by atoms with Crippen molar-refractivity contribution >= 4 is 28.6 Å². The van der Waals surface area contributed by atoms with Crippen LogP contribution in [0.25, 0.3) is 10.4 Å². The first-order valence-electron chi connectivity index (χ1n) is 6.33. The summed E-state index contributed by atoms with van der Waals surface area (Å²) in [5.74, 6) is 0. The molecule has 1 aromatic heterocycles. The van der Waals surface area contributed by atoms with Crippen LogP contribution < -0.4 is 0 Å². The van der Waals surface area contributed by atoms with Crippen molar-refractivity contribution < 1.29 is 19.7 Å². The van der Waals surface area contributed by atoms with Crippen LogP contribution in [0.1, 0.15) is 5.56 Å². The smallest absolute Gasteiger partial charge is 0.133 e. The molecule has 1 aliphatic rings. The van der Waals surface area contributed by atoms with Crippen molar-refractivity contribution in [3.05, 3.63) is 38.9 Å². The molecule has 0 aromatic carbocycles. The van der Waals surface area contributed by atoms with Crippen molar-refractivity contribution in [2.45, 2.75) is 29.3 Å². The molecule has 22 heavy (non-hydrogen) atoms. The van der Waals surface area contributed by atoms with Gasteiger partial charge >= 0.3 is 0 Å². The average molecular weight is 391 g/mol. The molecule has 120 valence electrons. The first-order chi connectivity index (χ1) is 10.5. The van der Waals surface area contributed by atoms with Crippen LogP contribution in [0, 0.1) is 0 Å². The van der Waals surface area contributed by atoms with Gasteiger partial charge in [0.25, 0.3) is 0 Å². The van der Waals surface area contributed by atoms with Crippen molar-refractivity contribution in [2.24, 2.45) is 5.11 Å². The molecule has 0 bridgehead atoms. The first-order valence-corrected chi connectivity index (χ1v) is 7.64. The minimum atomic E-state index is -1.53. The van der Waals surface area contributed by atoms with Crippen LogP contribution >= 0.6 is 28.6 Å². The molecule has 10 heteroatoms. The molecule has 1 aromatic rings. The lowest BCUT2D eigenvalue weighted by molar-refractivity contribution is -0.201. The molecule has 1 aliphatic heterocycles. The number of nitrogens with zero attached hydrogens (tertiary/aromatic N) is 4. The number of pyridine rings is 1. The Morgan fingerprint density at radius 3 is 2.91 bits per heavy atom. The minimum Gasteiger partial charge on any atom is -0.394 e. The molecule has 1 saturated heterocycles. The van der Waals surface area contributed by atoms with E-state index < -0.39 is 35.9 Å². The van der Waals surface area contributed by atoms with Crippen molar-refractivity contribution in [3.63, 3.8) is 0 Å². The number of thiol groups is 1. The molecule has 8 nitrogen and oxygen atoms in total. The van der Waals surface area contributed by atoms with E-state index >= 15 is 0 Å². The third-order valence-corrected chi connectivity index (χ3v) is 4.45. The fourth-order valence-electron chi connectivity index (χ4n) is 2.65. The van der Waals surface area contributed by atoms with Crippen LogP contribution in [0.15, 0.2) is 28.0 Å². The van der Waals surface area contributed by atoms with Gasteiger partial charge < -0.3 is 19.7 Å². The van der Waals surface area contributed by atoms with Gasteiger partial charge in [-0.05, 0) is 33.1 Å². The topological polar surface area (TPSA) is 121 Å². The van der Waals surface area contributed by atoms with Gasteiger partial charge in [-0.1, -0.05) is 5.11 Å². The summed E-state index contributed by atoms with van der Waals surface area (Å²) in [5.41, 5.74) is 7.11. The zero-order chi connectivity index (χ0) is 16.3. The van der Waals surface area contributed by atoms with Gasteiger partial charge in [0.15, 0.2) is 0 Å². The molecule has 0 saturated carbocycles. The molecule has 1 fully saturated rings. The number of aliphatic hydroxyl groups excluding tert-OH is 2. The number of halogens is 1. The maximum atomic E-state index is 10.7. The summed E-state index contributed by atoms with van der Waals surface area (Å²) < 4.78 is 11.4. The van der Waals surface area contributed by atoms with Crippen LogP contribution in [0.3, 0.4) is 0 Å². The standard InChI is InChI=1S/C12H15BrN4O4S/c1-20-10-11(22)21-8(5-18)9(19)12(10,16-17-14)6-2-7(13)4-15-3-6/h2-4,8-11,18-19,22H,5H2,1H3/t8-,9+,10+,11-,12?/m1/s1. The van der Waals surface area contributed by atoms with Crippen molar-refractivity contribution in [1.82, 2.24) is 4.98 Å². The highest BCUT2D eigenvalue weighted by Gasteiger charge is 2.57. The van der Waals surface area contributed by atoms with Crippen LogP contribution in [-0.4, -0.2) is 52.7 Å². The van der Waals surface area contributed by atoms with E-state index in [1.54, 1.807) is 12.3 Å². The number of aliphatic hydroxyl groups is 2. The number of aromatic nitrogens is 1. The van der Waals surface area contributed by atoms with Gasteiger partial charge in [-0.15, -0.1) is 12.6 Å². The van der Waals surface area contributed by atoms with Crippen LogP contribution in [0.2, 0.25) is 0 Å². The summed E-state index contributed by atoms with van der Waals surface area (Å²) in [6.07, 6.45) is -0.158. The van der Waals surface area contributed by atoms with E-state index in [-0.39, 0.29) is 0 Å². The van der Waals surface area contributed by atoms with E-state index in [1.165, 1.54) is 13.3 Å². The molecule has 0 radical (unpaired) electrons. The predicted octanol–water partition coefficient (Wildman–Crippen LogP) is 1.37. The van der Waals surface area contributed by atoms with Crippen molar-refractivity contribution in [2.75, 3.05) is 13.7 Å². The Morgan fingerprint density at radius 2 is 2.36 bits per heavy atom. The third kappa shape index (κ3) is 2.83. The van der Waals surface area contributed by atoms with Crippen molar-refractivity contribution in [1.29, 1.82) is 0 Å². The molecule has 2 heterocycles. The summed E-state index contributed by atoms with van der Waals surface area (Å²) in [6.45, 7) is -0.460. The van der Waals surface area contributed by atoms with Gasteiger partial charge in [0.2, 0.25) is 0 Å². The Balaban J connectivity index is 2.68. The summed E-state index contributed by atoms with van der Waals surface area (Å²) in [6, 6.07) is 1.66. The summed E-state index contributed by atoms with van der Waals surface area (Å²) in [7, 11) is 1.40. The maximum absolute atomic E-state index is 10.7. The zero-order valence-corrected chi connectivity index (χ0v) is 14.1. The lowest BCUT2D eigenvalue weighted by Crippen LogP contribution is -2.63. The van der Waals surface area contributed by atoms with Crippen LogP contribution in [0.4, 0.5) is 0 Å². The summed E-state index contributed by atoms with van der Waals surface area (Å²) in [4.78, 5) is 6.90. The van der Waals surface area contributed by atoms with Gasteiger partial charge in [-0.3, -0.25) is 4.98 Å². The predicted molar refractivity (Wildman–Crippen MR) is 84.3 cm³/mol. The molecule has 1 unspecified atom stereocenters. The molecule has 0 aliphatic carbocycles. The van der Waals surface area contributed by atoms with E-state index in [0.29, 0.717) is 10.0 Å². The second kappa shape index (κ2) is 7.14. The van der Waals surface area contributed by atoms with E-state index in [1.807, 2.05) is 0 Å². The molecule has 0 amide bonds. The number of azide groups is 1. The molecular weight excluding hydrogens is 376 g/mol. The molecule has 5 atom stereocenters. The lowest BCUT2D eigenvalue weighted by Gasteiger charge is -2.49. The Labute approximate surface area is 140 Å². The molecule has 0 spiro atoms. The fourth-order valence-corrected chi connectivity index (χ4v) is 3.52. The Bertz CT molecular complexity index is 588. The number of hydrogen-bond donors (Lipinski definition) is 3. The number of hydrogen-bond acceptors (Lipinski definition) is 7. The van der Waals surface area contributed by atoms with E-state index in [9.17, 15) is 10.2 Å². The number of methoxy groups -OCH3 is 1. The third-order valence-electron chi connectivity index (χ3n) is 3.62. The fraction of sp³-hybridized carbons (Fsp3) is 0.583. The molecular formula is C12H15BrN4O4S. The molecule has 2 rings (SSSR count). The van der Waals surface area contributed by atoms with Crippen LogP contribution in [0.5, 0.6) is 0 Å². The highest BCUT2D eigenvalue weighted by atomic mass is 79.9. The highest BCUT2D eigenvalue weighted by Crippen LogP contribution is 2.44. The highest BCUT2D eigenvalue weighted by molar-refractivity contribution is 9.10. The Kier molecular flexibility index (Phi) is 5.67. The van der Waals surface area contributed by atoms with E-state index in [4.69, 9.17) is 15.0 Å². The Morgan fingerprint density at radius 1 is 1.64 bits per heavy atom. The van der Waals surface area contributed by atoms with Gasteiger partial charge in [0.05, 0.1) is 6.61 Å². The number of rotatable bonds is 4. The average Bonchev–Trinajstić information content (AvgIpc) is 2.50. The van der Waals surface area contributed by atoms with Crippen LogP contribution in [-0.2, 0) is 15.0 Å². The maximum Gasteiger partial charge on any atom is 0.133 e. The Hall–Kier alpha value is -0.870. The second-order valence-corrected chi connectivity index (χ2v) is 6.18. The largest absolute Gasteiger partial charge is 0.394 e. The lowest BCUT2D eigenvalue weighted by atomic mass is 9.77. The summed E-state index contributed by atoms with van der Waals surface area (Å²) >= 11 is 7.58. The number of ether oxygens (including phenoxy) is 2. The quantitative estimate of drug-likeness (QED) is 0.310. The van der Waals surface area contributed by atoms with Crippen molar-refractivity contribution in [3.8, 4) is 0 Å². The van der Waals surface area contributed by atoms with Gasteiger partial charge in [-0.25, -0.2) is 0 Å². The van der Waals surface area contributed by atoms with Gasteiger partial charge in [0.1, 0.15) is 29.3 Å². The first kappa shape index (κ1) is 17.5. The van der Waals surface area contributed by atoms with Gasteiger partial charge in [-0.2, -0.15) is 0 Å². The molecule has 2 N–H and O–H groups in total. The monoisotopic (exact) mass is 390 g/mol. The minimum absolute atomic E-state index is 0.430. The summed E-state index contributed by atoms with van der Waals surface area (Å²) in [5, 5.41) is 23.9. The van der Waals surface area contributed by atoms with Gasteiger partial charge in [0, 0.05) is 28.9 Å². The normalized spacial score (nSPS) is 35.0. The SMILES string of the molecule is CO[C@H]1[C@@H](S)O[C@H](CO)[C@H](O)C1(N=[N+]=[N-])c1cncc(Br)c1. The van der Waals surface area contributed by atoms with E-state index in [2.05, 4.69) is 43.6 Å². The second-order valence-electron chi connectivity index (χ2n) is 4.76. The van der Waals surface area contributed by atoms with E-state index in [0.717, 1.165) is 0 Å². The zero-order valence-electron chi connectivity index (χ0n) is 11.6.